The number of aromatic nitrogens is 3. The Morgan fingerprint density at radius 3 is 2.54 bits per heavy atom. The number of aryl methyl sites for hydroxylation is 2. The van der Waals surface area contributed by atoms with Gasteiger partial charge in [-0.05, 0) is 62.2 Å². The zero-order chi connectivity index (χ0) is 18.7. The van der Waals surface area contributed by atoms with Crippen LogP contribution in [0.1, 0.15) is 45.8 Å². The minimum Gasteiger partial charge on any atom is -0.335 e. The number of hydrogen-bond acceptors (Lipinski definition) is 3. The molecule has 1 amide bonds. The fourth-order valence-electron chi connectivity index (χ4n) is 3.06. The standard InChI is InChI=1S/C21H24N4O/c1-15-12-16(2)25(23-15)14-18-6-5-7-20(13-18)21(26)24(4)17(3)19-8-10-22-11-9-19/h5-13,17H,14H2,1-4H3. The Hall–Kier alpha value is -2.95. The Balaban J connectivity index is 1.78. The Morgan fingerprint density at radius 1 is 1.15 bits per heavy atom. The summed E-state index contributed by atoms with van der Waals surface area (Å²) in [6.07, 6.45) is 3.50. The van der Waals surface area contributed by atoms with Crippen LogP contribution in [0.3, 0.4) is 0 Å². The highest BCUT2D eigenvalue weighted by molar-refractivity contribution is 5.94. The third-order valence-corrected chi connectivity index (χ3v) is 4.70. The van der Waals surface area contributed by atoms with E-state index >= 15 is 0 Å². The van der Waals surface area contributed by atoms with E-state index in [-0.39, 0.29) is 11.9 Å². The number of nitrogens with zero attached hydrogens (tertiary/aromatic N) is 4. The van der Waals surface area contributed by atoms with Gasteiger partial charge in [0.25, 0.3) is 5.91 Å². The molecule has 0 spiro atoms. The highest BCUT2D eigenvalue weighted by Crippen LogP contribution is 2.20. The Labute approximate surface area is 154 Å². The van der Waals surface area contributed by atoms with Crippen molar-refractivity contribution in [2.45, 2.75) is 33.4 Å². The second-order valence-electron chi connectivity index (χ2n) is 6.66. The molecule has 1 atom stereocenters. The summed E-state index contributed by atoms with van der Waals surface area (Å²) >= 11 is 0. The largest absolute Gasteiger partial charge is 0.335 e. The van der Waals surface area contributed by atoms with Gasteiger partial charge in [0.05, 0.1) is 18.3 Å². The monoisotopic (exact) mass is 348 g/mol. The van der Waals surface area contributed by atoms with Crippen LogP contribution in [0.5, 0.6) is 0 Å². The lowest BCUT2D eigenvalue weighted by molar-refractivity contribution is 0.0742. The van der Waals surface area contributed by atoms with Crippen LogP contribution in [0.25, 0.3) is 0 Å². The molecule has 0 saturated heterocycles. The van der Waals surface area contributed by atoms with Gasteiger partial charge in [-0.25, -0.2) is 0 Å². The van der Waals surface area contributed by atoms with Gasteiger partial charge in [-0.1, -0.05) is 12.1 Å². The van der Waals surface area contributed by atoms with Crippen molar-refractivity contribution in [3.8, 4) is 0 Å². The van der Waals surface area contributed by atoms with Crippen LogP contribution in [0.4, 0.5) is 0 Å². The summed E-state index contributed by atoms with van der Waals surface area (Å²) in [4.78, 5) is 18.7. The first-order valence-electron chi connectivity index (χ1n) is 8.73. The van der Waals surface area contributed by atoms with Gasteiger partial charge in [0.1, 0.15) is 0 Å². The summed E-state index contributed by atoms with van der Waals surface area (Å²) in [6.45, 7) is 6.70. The number of rotatable bonds is 5. The Bertz CT molecular complexity index is 901. The molecule has 0 fully saturated rings. The Morgan fingerprint density at radius 2 is 1.88 bits per heavy atom. The molecule has 0 bridgehead atoms. The van der Waals surface area contributed by atoms with Crippen molar-refractivity contribution in [3.63, 3.8) is 0 Å². The van der Waals surface area contributed by atoms with Crippen LogP contribution in [-0.4, -0.2) is 32.6 Å². The number of carbonyl (C=O) groups excluding carboxylic acids is 1. The van der Waals surface area contributed by atoms with Gasteiger partial charge in [-0.3, -0.25) is 14.5 Å². The van der Waals surface area contributed by atoms with Crippen molar-refractivity contribution < 1.29 is 4.79 Å². The van der Waals surface area contributed by atoms with E-state index in [1.165, 1.54) is 0 Å². The van der Waals surface area contributed by atoms with Crippen LogP contribution in [0.15, 0.2) is 54.9 Å². The third-order valence-electron chi connectivity index (χ3n) is 4.70. The maximum atomic E-state index is 12.9. The molecular formula is C21H24N4O. The molecule has 0 aliphatic heterocycles. The molecule has 2 aromatic heterocycles. The van der Waals surface area contributed by atoms with Gasteiger partial charge in [0.2, 0.25) is 0 Å². The van der Waals surface area contributed by atoms with E-state index in [0.717, 1.165) is 22.5 Å². The number of pyridine rings is 1. The van der Waals surface area contributed by atoms with Gasteiger partial charge in [0, 0.05) is 30.7 Å². The minimum atomic E-state index is -0.0230. The summed E-state index contributed by atoms with van der Waals surface area (Å²) in [5.74, 6) is 0.00419. The molecule has 3 rings (SSSR count). The lowest BCUT2D eigenvalue weighted by atomic mass is 10.1. The normalized spacial score (nSPS) is 12.0. The number of carbonyl (C=O) groups is 1. The number of amides is 1. The van der Waals surface area contributed by atoms with Crippen LogP contribution < -0.4 is 0 Å². The minimum absolute atomic E-state index is 0.00419. The van der Waals surface area contributed by atoms with E-state index in [0.29, 0.717) is 12.1 Å². The van der Waals surface area contributed by atoms with Crippen molar-refractivity contribution in [1.29, 1.82) is 0 Å². The molecule has 5 nitrogen and oxygen atoms in total. The predicted molar refractivity (Wildman–Crippen MR) is 102 cm³/mol. The maximum Gasteiger partial charge on any atom is 0.254 e. The molecule has 0 aliphatic carbocycles. The van der Waals surface area contributed by atoms with Crippen molar-refractivity contribution >= 4 is 5.91 Å². The summed E-state index contributed by atoms with van der Waals surface area (Å²) in [7, 11) is 1.83. The van der Waals surface area contributed by atoms with E-state index < -0.39 is 0 Å². The molecule has 0 saturated carbocycles. The van der Waals surface area contributed by atoms with Gasteiger partial charge in [0.15, 0.2) is 0 Å². The van der Waals surface area contributed by atoms with Gasteiger partial charge in [-0.15, -0.1) is 0 Å². The van der Waals surface area contributed by atoms with Crippen molar-refractivity contribution in [2.75, 3.05) is 7.05 Å². The summed E-state index contributed by atoms with van der Waals surface area (Å²) in [5.41, 5.74) is 4.93. The van der Waals surface area contributed by atoms with Gasteiger partial charge in [-0.2, -0.15) is 5.10 Å². The second-order valence-corrected chi connectivity index (χ2v) is 6.66. The first-order valence-corrected chi connectivity index (χ1v) is 8.73. The highest BCUT2D eigenvalue weighted by Gasteiger charge is 2.19. The molecule has 0 N–H and O–H groups in total. The number of benzene rings is 1. The molecule has 3 aromatic rings. The molecule has 5 heteroatoms. The zero-order valence-electron chi connectivity index (χ0n) is 15.7. The van der Waals surface area contributed by atoms with Crippen molar-refractivity contribution in [1.82, 2.24) is 19.7 Å². The third kappa shape index (κ3) is 3.82. The summed E-state index contributed by atoms with van der Waals surface area (Å²) < 4.78 is 1.96. The summed E-state index contributed by atoms with van der Waals surface area (Å²) in [6, 6.07) is 13.7. The topological polar surface area (TPSA) is 51.0 Å². The number of hydrogen-bond donors (Lipinski definition) is 0. The molecule has 0 aliphatic rings. The predicted octanol–water partition coefficient (Wildman–Crippen LogP) is 3.78. The maximum absolute atomic E-state index is 12.9. The smallest absolute Gasteiger partial charge is 0.254 e. The van der Waals surface area contributed by atoms with Gasteiger partial charge < -0.3 is 4.90 Å². The van der Waals surface area contributed by atoms with E-state index in [1.54, 1.807) is 17.3 Å². The quantitative estimate of drug-likeness (QED) is 0.705. The molecular weight excluding hydrogens is 324 g/mol. The average Bonchev–Trinajstić information content (AvgIpc) is 2.97. The highest BCUT2D eigenvalue weighted by atomic mass is 16.2. The molecule has 1 unspecified atom stereocenters. The molecule has 2 heterocycles. The fraction of sp³-hybridized carbons (Fsp3) is 0.286. The second kappa shape index (κ2) is 7.52. The average molecular weight is 348 g/mol. The molecule has 0 radical (unpaired) electrons. The van der Waals surface area contributed by atoms with Crippen LogP contribution in [0, 0.1) is 13.8 Å². The SMILES string of the molecule is Cc1cc(C)n(Cc2cccc(C(=O)N(C)C(C)c3ccncc3)c2)n1. The van der Waals surface area contributed by atoms with E-state index in [9.17, 15) is 4.79 Å². The van der Waals surface area contributed by atoms with Crippen LogP contribution in [-0.2, 0) is 6.54 Å². The first-order chi connectivity index (χ1) is 12.5. The van der Waals surface area contributed by atoms with Crippen LogP contribution in [0.2, 0.25) is 0 Å². The van der Waals surface area contributed by atoms with Crippen LogP contribution >= 0.6 is 0 Å². The van der Waals surface area contributed by atoms with E-state index in [1.807, 2.05) is 68.9 Å². The van der Waals surface area contributed by atoms with Crippen molar-refractivity contribution in [2.24, 2.45) is 0 Å². The van der Waals surface area contributed by atoms with E-state index in [4.69, 9.17) is 0 Å². The Kier molecular flexibility index (Phi) is 5.16. The molecule has 134 valence electrons. The van der Waals surface area contributed by atoms with Crippen molar-refractivity contribution in [3.05, 3.63) is 82.9 Å². The first kappa shape index (κ1) is 17.9. The summed E-state index contributed by atoms with van der Waals surface area (Å²) in [5, 5.41) is 4.50. The zero-order valence-corrected chi connectivity index (χ0v) is 15.7. The van der Waals surface area contributed by atoms with Gasteiger partial charge >= 0.3 is 0 Å². The molecule has 1 aromatic carbocycles. The lowest BCUT2D eigenvalue weighted by Crippen LogP contribution is -2.29. The lowest BCUT2D eigenvalue weighted by Gasteiger charge is -2.25. The molecule has 26 heavy (non-hydrogen) atoms. The van der Waals surface area contributed by atoms with E-state index in [2.05, 4.69) is 16.1 Å². The fourth-order valence-corrected chi connectivity index (χ4v) is 3.06.